The highest BCUT2D eigenvalue weighted by molar-refractivity contribution is 7.99. The first-order valence-corrected chi connectivity index (χ1v) is 8.10. The molecule has 1 amide bonds. The summed E-state index contributed by atoms with van der Waals surface area (Å²) in [6.07, 6.45) is -0.579. The van der Waals surface area contributed by atoms with Gasteiger partial charge in [-0.25, -0.2) is 9.78 Å². The Morgan fingerprint density at radius 1 is 1.26 bits per heavy atom. The quantitative estimate of drug-likeness (QED) is 0.667. The van der Waals surface area contributed by atoms with Crippen LogP contribution in [0.25, 0.3) is 11.0 Å². The number of fused-ring (bicyclic) bond motifs is 1. The number of anilines is 1. The van der Waals surface area contributed by atoms with Crippen molar-refractivity contribution >= 4 is 58.0 Å². The second kappa shape index (κ2) is 6.70. The predicted molar refractivity (Wildman–Crippen MR) is 92.7 cm³/mol. The highest BCUT2D eigenvalue weighted by atomic mass is 35.5. The van der Waals surface area contributed by atoms with Gasteiger partial charge in [0.15, 0.2) is 0 Å². The lowest BCUT2D eigenvalue weighted by Crippen LogP contribution is -2.11. The topological polar surface area (TPSA) is 67.0 Å². The molecule has 0 aliphatic heterocycles. The third-order valence-electron chi connectivity index (χ3n) is 2.98. The molecular weight excluding hydrogens is 357 g/mol. The molecular formula is C15H11Cl2N3O2S. The van der Waals surface area contributed by atoms with Crippen molar-refractivity contribution in [1.29, 1.82) is 0 Å². The number of H-pyrrole nitrogens is 1. The molecule has 0 aliphatic rings. The molecule has 0 saturated heterocycles. The molecule has 23 heavy (non-hydrogen) atoms. The largest absolute Gasteiger partial charge is 0.453 e. The Bertz CT molecular complexity index is 882. The fourth-order valence-corrected chi connectivity index (χ4v) is 3.33. The van der Waals surface area contributed by atoms with Gasteiger partial charge in [-0.3, -0.25) is 5.32 Å². The summed E-state index contributed by atoms with van der Waals surface area (Å²) in [6, 6.07) is 11.0. The van der Waals surface area contributed by atoms with E-state index < -0.39 is 6.09 Å². The van der Waals surface area contributed by atoms with E-state index in [0.717, 1.165) is 20.8 Å². The predicted octanol–water partition coefficient (Wildman–Crippen LogP) is 5.20. The van der Waals surface area contributed by atoms with Crippen LogP contribution in [0.2, 0.25) is 10.0 Å². The van der Waals surface area contributed by atoms with Crippen molar-refractivity contribution in [2.75, 3.05) is 12.4 Å². The first-order chi connectivity index (χ1) is 11.0. The maximum Gasteiger partial charge on any atom is 0.413 e. The van der Waals surface area contributed by atoms with Crippen LogP contribution in [-0.2, 0) is 4.74 Å². The molecule has 118 valence electrons. The Balaban J connectivity index is 1.87. The number of amides is 1. The number of carbonyl (C=O) groups excluding carboxylic acids is 1. The van der Waals surface area contributed by atoms with E-state index in [2.05, 4.69) is 20.0 Å². The Kier molecular flexibility index (Phi) is 4.66. The molecule has 0 aliphatic carbocycles. The molecule has 5 nitrogen and oxygen atoms in total. The number of imidazole rings is 1. The fourth-order valence-electron chi connectivity index (χ4n) is 1.94. The van der Waals surface area contributed by atoms with Crippen LogP contribution in [0.15, 0.2) is 46.2 Å². The molecule has 8 heteroatoms. The number of benzene rings is 2. The van der Waals surface area contributed by atoms with Crippen molar-refractivity contribution in [2.24, 2.45) is 0 Å². The lowest BCUT2D eigenvalue weighted by Gasteiger charge is -2.04. The molecule has 0 radical (unpaired) electrons. The number of nitrogens with zero attached hydrogens (tertiary/aromatic N) is 1. The Hall–Kier alpha value is -1.89. The van der Waals surface area contributed by atoms with Crippen LogP contribution in [0.1, 0.15) is 0 Å². The summed E-state index contributed by atoms with van der Waals surface area (Å²) in [5.74, 6) is 0.329. The third kappa shape index (κ3) is 3.72. The molecule has 0 atom stereocenters. The van der Waals surface area contributed by atoms with Gasteiger partial charge in [0.25, 0.3) is 0 Å². The number of carbonyl (C=O) groups is 1. The number of ether oxygens (including phenoxy) is 1. The Morgan fingerprint density at radius 3 is 2.87 bits per heavy atom. The van der Waals surface area contributed by atoms with Crippen molar-refractivity contribution in [3.05, 3.63) is 46.4 Å². The average molecular weight is 368 g/mol. The van der Waals surface area contributed by atoms with Crippen LogP contribution in [0.3, 0.4) is 0 Å². The Morgan fingerprint density at radius 2 is 2.09 bits per heavy atom. The van der Waals surface area contributed by atoms with Crippen LogP contribution in [-0.4, -0.2) is 23.2 Å². The van der Waals surface area contributed by atoms with Crippen LogP contribution < -0.4 is 5.32 Å². The molecule has 3 rings (SSSR count). The highest BCUT2D eigenvalue weighted by Crippen LogP contribution is 2.36. The van der Waals surface area contributed by atoms with Gasteiger partial charge >= 0.3 is 6.09 Å². The zero-order valence-corrected chi connectivity index (χ0v) is 14.2. The van der Waals surface area contributed by atoms with Gasteiger partial charge in [0.05, 0.1) is 23.2 Å². The van der Waals surface area contributed by atoms with Crippen molar-refractivity contribution in [3.63, 3.8) is 0 Å². The van der Waals surface area contributed by atoms with Gasteiger partial charge in [0, 0.05) is 14.8 Å². The van der Waals surface area contributed by atoms with E-state index >= 15 is 0 Å². The first kappa shape index (κ1) is 16.0. The SMILES string of the molecule is COC(=O)Nc1nc2ccc(Sc3cc(Cl)ccc3Cl)cc2[nH]1. The molecule has 0 fully saturated rings. The van der Waals surface area contributed by atoms with Gasteiger partial charge in [-0.15, -0.1) is 0 Å². The van der Waals surface area contributed by atoms with Gasteiger partial charge in [0.2, 0.25) is 5.95 Å². The van der Waals surface area contributed by atoms with Crippen LogP contribution in [0, 0.1) is 0 Å². The van der Waals surface area contributed by atoms with Crippen molar-refractivity contribution in [3.8, 4) is 0 Å². The number of aromatic nitrogens is 2. The molecule has 0 spiro atoms. The number of hydrogen-bond acceptors (Lipinski definition) is 4. The summed E-state index contributed by atoms with van der Waals surface area (Å²) in [4.78, 5) is 20.3. The number of hydrogen-bond donors (Lipinski definition) is 2. The molecule has 1 aromatic heterocycles. The molecule has 0 saturated carbocycles. The van der Waals surface area contributed by atoms with E-state index in [1.165, 1.54) is 18.9 Å². The maximum atomic E-state index is 11.2. The van der Waals surface area contributed by atoms with Gasteiger partial charge in [-0.05, 0) is 36.4 Å². The average Bonchev–Trinajstić information content (AvgIpc) is 2.92. The highest BCUT2D eigenvalue weighted by Gasteiger charge is 2.09. The van der Waals surface area contributed by atoms with Crippen LogP contribution >= 0.6 is 35.0 Å². The molecule has 0 bridgehead atoms. The summed E-state index contributed by atoms with van der Waals surface area (Å²) in [7, 11) is 1.29. The van der Waals surface area contributed by atoms with E-state index in [9.17, 15) is 4.79 Å². The van der Waals surface area contributed by atoms with E-state index in [0.29, 0.717) is 16.0 Å². The number of halogens is 2. The van der Waals surface area contributed by atoms with E-state index in [4.69, 9.17) is 23.2 Å². The summed E-state index contributed by atoms with van der Waals surface area (Å²) in [5.41, 5.74) is 1.53. The lowest BCUT2D eigenvalue weighted by molar-refractivity contribution is 0.186. The summed E-state index contributed by atoms with van der Waals surface area (Å²) >= 11 is 13.7. The third-order valence-corrected chi connectivity index (χ3v) is 4.70. The molecule has 0 unspecified atom stereocenters. The minimum Gasteiger partial charge on any atom is -0.453 e. The summed E-state index contributed by atoms with van der Waals surface area (Å²) < 4.78 is 4.54. The fraction of sp³-hybridized carbons (Fsp3) is 0.0667. The summed E-state index contributed by atoms with van der Waals surface area (Å²) in [5, 5.41) is 3.76. The molecule has 3 aromatic rings. The normalized spacial score (nSPS) is 10.7. The second-order valence-electron chi connectivity index (χ2n) is 4.56. The zero-order valence-electron chi connectivity index (χ0n) is 11.9. The van der Waals surface area contributed by atoms with E-state index in [-0.39, 0.29) is 0 Å². The maximum absolute atomic E-state index is 11.2. The van der Waals surface area contributed by atoms with Crippen molar-refractivity contribution in [2.45, 2.75) is 9.79 Å². The van der Waals surface area contributed by atoms with Crippen molar-refractivity contribution in [1.82, 2.24) is 9.97 Å². The smallest absolute Gasteiger partial charge is 0.413 e. The first-order valence-electron chi connectivity index (χ1n) is 6.53. The summed E-state index contributed by atoms with van der Waals surface area (Å²) in [6.45, 7) is 0. The van der Waals surface area contributed by atoms with Gasteiger partial charge in [-0.1, -0.05) is 35.0 Å². The second-order valence-corrected chi connectivity index (χ2v) is 6.52. The number of rotatable bonds is 3. The molecule has 2 aromatic carbocycles. The standard InChI is InChI=1S/C15H11Cl2N3O2S/c1-22-15(21)20-14-18-11-5-3-9(7-12(11)19-14)23-13-6-8(16)2-4-10(13)17/h2-7H,1H3,(H2,18,19,20,21). The van der Waals surface area contributed by atoms with Crippen LogP contribution in [0.4, 0.5) is 10.7 Å². The van der Waals surface area contributed by atoms with E-state index in [1.54, 1.807) is 12.1 Å². The van der Waals surface area contributed by atoms with Gasteiger partial charge in [-0.2, -0.15) is 0 Å². The minimum absolute atomic E-state index is 0.329. The minimum atomic E-state index is -0.579. The molecule has 2 N–H and O–H groups in total. The lowest BCUT2D eigenvalue weighted by atomic mass is 10.3. The monoisotopic (exact) mass is 367 g/mol. The number of aromatic amines is 1. The Labute approximate surface area is 146 Å². The molecule has 1 heterocycles. The zero-order chi connectivity index (χ0) is 16.4. The van der Waals surface area contributed by atoms with Crippen LogP contribution in [0.5, 0.6) is 0 Å². The van der Waals surface area contributed by atoms with Crippen molar-refractivity contribution < 1.29 is 9.53 Å². The number of methoxy groups -OCH3 is 1. The number of nitrogens with one attached hydrogen (secondary N) is 2. The van der Waals surface area contributed by atoms with Gasteiger partial charge in [0.1, 0.15) is 0 Å². The van der Waals surface area contributed by atoms with Gasteiger partial charge < -0.3 is 9.72 Å². The van der Waals surface area contributed by atoms with E-state index in [1.807, 2.05) is 24.3 Å².